The predicted octanol–water partition coefficient (Wildman–Crippen LogP) is 2.92. The number of methoxy groups -OCH3 is 1. The first-order chi connectivity index (χ1) is 10.5. The highest BCUT2D eigenvalue weighted by Crippen LogP contribution is 2.29. The summed E-state index contributed by atoms with van der Waals surface area (Å²) in [5, 5.41) is 13.7. The summed E-state index contributed by atoms with van der Waals surface area (Å²) < 4.78 is 20.0. The van der Waals surface area contributed by atoms with Crippen LogP contribution < -0.4 is 4.74 Å². The topological polar surface area (TPSA) is 77.2 Å². The number of nitrogens with zero attached hydrogens (tertiary/aromatic N) is 3. The molecule has 2 heterocycles. The van der Waals surface area contributed by atoms with E-state index in [2.05, 4.69) is 10.1 Å². The molecule has 22 heavy (non-hydrogen) atoms. The second-order valence-corrected chi connectivity index (χ2v) is 4.79. The molecule has 0 saturated heterocycles. The molecule has 0 radical (unpaired) electrons. The average molecular weight is 322 g/mol. The molecule has 0 fully saturated rings. The number of hydrogen-bond acceptors (Lipinski definition) is 4. The van der Waals surface area contributed by atoms with Crippen molar-refractivity contribution in [3.63, 3.8) is 0 Å². The van der Waals surface area contributed by atoms with Gasteiger partial charge in [-0.3, -0.25) is 0 Å². The number of benzene rings is 1. The Kier molecular flexibility index (Phi) is 3.42. The average Bonchev–Trinajstić information content (AvgIpc) is 2.85. The van der Waals surface area contributed by atoms with Gasteiger partial charge >= 0.3 is 5.97 Å². The highest BCUT2D eigenvalue weighted by molar-refractivity contribution is 6.30. The van der Waals surface area contributed by atoms with Crippen LogP contribution in [-0.2, 0) is 0 Å². The summed E-state index contributed by atoms with van der Waals surface area (Å²) in [5.41, 5.74) is 0.453. The highest BCUT2D eigenvalue weighted by Gasteiger charge is 2.20. The third-order valence-corrected chi connectivity index (χ3v) is 3.31. The van der Waals surface area contributed by atoms with E-state index < -0.39 is 11.8 Å². The normalized spacial score (nSPS) is 10.9. The van der Waals surface area contributed by atoms with Crippen LogP contribution in [0.3, 0.4) is 0 Å². The first-order valence-electron chi connectivity index (χ1n) is 6.12. The van der Waals surface area contributed by atoms with Gasteiger partial charge in [-0.2, -0.15) is 5.10 Å². The minimum Gasteiger partial charge on any atom is -0.494 e. The summed E-state index contributed by atoms with van der Waals surface area (Å²) in [6, 6.07) is 5.33. The molecule has 0 spiro atoms. The molecule has 0 amide bonds. The van der Waals surface area contributed by atoms with E-state index in [9.17, 15) is 14.3 Å². The summed E-state index contributed by atoms with van der Waals surface area (Å²) in [4.78, 5) is 15.2. The Morgan fingerprint density at radius 3 is 2.86 bits per heavy atom. The molecule has 0 atom stereocenters. The molecule has 0 bridgehead atoms. The maximum Gasteiger partial charge on any atom is 0.357 e. The number of carboxylic acids is 1. The summed E-state index contributed by atoms with van der Waals surface area (Å²) in [7, 11) is 1.43. The molecule has 0 saturated carbocycles. The van der Waals surface area contributed by atoms with Gasteiger partial charge in [0.25, 0.3) is 0 Å². The largest absolute Gasteiger partial charge is 0.494 e. The summed E-state index contributed by atoms with van der Waals surface area (Å²) >= 11 is 5.87. The fourth-order valence-corrected chi connectivity index (χ4v) is 2.31. The van der Waals surface area contributed by atoms with Crippen molar-refractivity contribution >= 4 is 28.5 Å². The zero-order valence-electron chi connectivity index (χ0n) is 11.2. The van der Waals surface area contributed by atoms with Crippen molar-refractivity contribution in [1.82, 2.24) is 14.8 Å². The van der Waals surface area contributed by atoms with Gasteiger partial charge in [-0.15, -0.1) is 0 Å². The SMILES string of the molecule is COc1ccc(F)cc1-n1nc(C(=O)O)c2cnc(Cl)cc21. The van der Waals surface area contributed by atoms with Gasteiger partial charge in [-0.1, -0.05) is 11.6 Å². The van der Waals surface area contributed by atoms with Crippen molar-refractivity contribution < 1.29 is 19.0 Å². The Morgan fingerprint density at radius 1 is 1.41 bits per heavy atom. The van der Waals surface area contributed by atoms with E-state index in [-0.39, 0.29) is 16.5 Å². The van der Waals surface area contributed by atoms with Gasteiger partial charge in [-0.25, -0.2) is 18.9 Å². The summed E-state index contributed by atoms with van der Waals surface area (Å²) in [6.45, 7) is 0. The summed E-state index contributed by atoms with van der Waals surface area (Å²) in [6.07, 6.45) is 1.32. The van der Waals surface area contributed by atoms with Crippen LogP contribution in [0.1, 0.15) is 10.5 Å². The van der Waals surface area contributed by atoms with E-state index in [0.717, 1.165) is 0 Å². The predicted molar refractivity (Wildman–Crippen MR) is 77.3 cm³/mol. The zero-order chi connectivity index (χ0) is 15.9. The van der Waals surface area contributed by atoms with Crippen LogP contribution in [0.4, 0.5) is 4.39 Å². The Bertz CT molecular complexity index is 894. The third kappa shape index (κ3) is 2.25. The maximum atomic E-state index is 13.6. The Morgan fingerprint density at radius 2 is 2.18 bits per heavy atom. The molecule has 0 aliphatic rings. The minimum atomic E-state index is -1.22. The second-order valence-electron chi connectivity index (χ2n) is 4.41. The molecule has 6 nitrogen and oxygen atoms in total. The molecule has 0 unspecified atom stereocenters. The number of carboxylic acid groups (broad SMARTS) is 1. The van der Waals surface area contributed by atoms with Gasteiger partial charge in [-0.05, 0) is 12.1 Å². The van der Waals surface area contributed by atoms with Crippen molar-refractivity contribution in [3.8, 4) is 11.4 Å². The molecular weight excluding hydrogens is 313 g/mol. The van der Waals surface area contributed by atoms with E-state index in [1.165, 1.54) is 42.3 Å². The molecule has 0 aliphatic carbocycles. The van der Waals surface area contributed by atoms with Crippen molar-refractivity contribution in [2.24, 2.45) is 0 Å². The number of halogens is 2. The number of aromatic nitrogens is 3. The first-order valence-corrected chi connectivity index (χ1v) is 6.50. The van der Waals surface area contributed by atoms with E-state index in [1.54, 1.807) is 0 Å². The van der Waals surface area contributed by atoms with Crippen LogP contribution in [0.25, 0.3) is 16.6 Å². The van der Waals surface area contributed by atoms with Gasteiger partial charge in [0.05, 0.1) is 18.0 Å². The van der Waals surface area contributed by atoms with Crippen LogP contribution >= 0.6 is 11.6 Å². The fourth-order valence-electron chi connectivity index (χ4n) is 2.16. The van der Waals surface area contributed by atoms with E-state index >= 15 is 0 Å². The molecular formula is C14H9ClFN3O3. The van der Waals surface area contributed by atoms with Crippen LogP contribution in [0.2, 0.25) is 5.15 Å². The van der Waals surface area contributed by atoms with Crippen LogP contribution in [-0.4, -0.2) is 33.0 Å². The van der Waals surface area contributed by atoms with Crippen LogP contribution in [0.5, 0.6) is 5.75 Å². The number of hydrogen-bond donors (Lipinski definition) is 1. The summed E-state index contributed by atoms with van der Waals surface area (Å²) in [5.74, 6) is -1.38. The third-order valence-electron chi connectivity index (χ3n) is 3.10. The quantitative estimate of drug-likeness (QED) is 0.750. The van der Waals surface area contributed by atoms with Crippen LogP contribution in [0, 0.1) is 5.82 Å². The van der Waals surface area contributed by atoms with Gasteiger partial charge in [0, 0.05) is 18.3 Å². The van der Waals surface area contributed by atoms with Gasteiger partial charge in [0.15, 0.2) is 5.69 Å². The number of fused-ring (bicyclic) bond motifs is 1. The van der Waals surface area contributed by atoms with Gasteiger partial charge in [0.1, 0.15) is 22.4 Å². The highest BCUT2D eigenvalue weighted by atomic mass is 35.5. The molecule has 3 aromatic rings. The standard InChI is InChI=1S/C14H9ClFN3O3/c1-22-11-3-2-7(16)4-10(11)19-9-5-12(15)17-6-8(9)13(18-19)14(20)21/h2-6H,1H3,(H,20,21). The number of rotatable bonds is 3. The molecule has 8 heteroatoms. The second kappa shape index (κ2) is 5.27. The zero-order valence-corrected chi connectivity index (χ0v) is 12.0. The van der Waals surface area contributed by atoms with Gasteiger partial charge in [0.2, 0.25) is 0 Å². The molecule has 3 rings (SSSR count). The number of pyridine rings is 1. The number of aromatic carboxylic acids is 1. The van der Waals surface area contributed by atoms with E-state index in [4.69, 9.17) is 16.3 Å². The van der Waals surface area contributed by atoms with Gasteiger partial charge < -0.3 is 9.84 Å². The molecule has 1 aromatic carbocycles. The van der Waals surface area contributed by atoms with Crippen molar-refractivity contribution in [1.29, 1.82) is 0 Å². The lowest BCUT2D eigenvalue weighted by atomic mass is 10.2. The first kappa shape index (κ1) is 14.3. The molecule has 2 aromatic heterocycles. The number of carbonyl (C=O) groups is 1. The smallest absolute Gasteiger partial charge is 0.357 e. The fraction of sp³-hybridized carbons (Fsp3) is 0.0714. The van der Waals surface area contributed by atoms with E-state index in [1.807, 2.05) is 0 Å². The molecule has 0 aliphatic heterocycles. The molecule has 1 N–H and O–H groups in total. The lowest BCUT2D eigenvalue weighted by molar-refractivity contribution is 0.0692. The monoisotopic (exact) mass is 321 g/mol. The minimum absolute atomic E-state index is 0.168. The Hall–Kier alpha value is -2.67. The maximum absolute atomic E-state index is 13.6. The molecule has 112 valence electrons. The lowest BCUT2D eigenvalue weighted by Gasteiger charge is -2.09. The van der Waals surface area contributed by atoms with E-state index in [0.29, 0.717) is 16.7 Å². The number of ether oxygens (including phenoxy) is 1. The van der Waals surface area contributed by atoms with Crippen molar-refractivity contribution in [2.75, 3.05) is 7.11 Å². The van der Waals surface area contributed by atoms with Crippen molar-refractivity contribution in [3.05, 3.63) is 47.1 Å². The van der Waals surface area contributed by atoms with Crippen LogP contribution in [0.15, 0.2) is 30.5 Å². The van der Waals surface area contributed by atoms with Crippen molar-refractivity contribution in [2.45, 2.75) is 0 Å². The Labute approximate surface area is 128 Å². The Balaban J connectivity index is 2.38. The lowest BCUT2D eigenvalue weighted by Crippen LogP contribution is -2.03.